The fraction of sp³-hybridized carbons (Fsp3) is 0.0714. The van der Waals surface area contributed by atoms with Gasteiger partial charge in [-0.05, 0) is 24.3 Å². The number of hydrogen-bond acceptors (Lipinski definition) is 4. The highest BCUT2D eigenvalue weighted by molar-refractivity contribution is 6.29. The fourth-order valence-electron chi connectivity index (χ4n) is 2.22. The van der Waals surface area contributed by atoms with E-state index in [4.69, 9.17) is 11.6 Å². The molecule has 0 saturated heterocycles. The molecule has 6 nitrogen and oxygen atoms in total. The number of carboxylic acids is 1. The second-order valence-corrected chi connectivity index (χ2v) is 4.85. The highest BCUT2D eigenvalue weighted by Crippen LogP contribution is 2.35. The summed E-state index contributed by atoms with van der Waals surface area (Å²) in [6.07, 6.45) is 0. The number of para-hydroxylation sites is 2. The number of fused-ring (bicyclic) bond motifs is 1. The van der Waals surface area contributed by atoms with Gasteiger partial charge >= 0.3 is 5.97 Å². The molecule has 0 radical (unpaired) electrons. The number of benzene rings is 1. The number of rotatable bonds is 2. The summed E-state index contributed by atoms with van der Waals surface area (Å²) in [6.45, 7) is -0.0232. The van der Waals surface area contributed by atoms with Crippen LogP contribution in [0.5, 0.6) is 0 Å². The van der Waals surface area contributed by atoms with Crippen LogP contribution in [0, 0.1) is 0 Å². The van der Waals surface area contributed by atoms with Gasteiger partial charge in [0.25, 0.3) is 0 Å². The van der Waals surface area contributed by atoms with Gasteiger partial charge in [-0.25, -0.2) is 9.78 Å². The molecule has 21 heavy (non-hydrogen) atoms. The molecule has 106 valence electrons. The second-order valence-electron chi connectivity index (χ2n) is 4.46. The van der Waals surface area contributed by atoms with Crippen molar-refractivity contribution < 1.29 is 14.7 Å². The van der Waals surface area contributed by atoms with E-state index in [2.05, 4.69) is 10.3 Å². The Kier molecular flexibility index (Phi) is 3.23. The quantitative estimate of drug-likeness (QED) is 0.833. The Bertz CT molecular complexity index is 748. The van der Waals surface area contributed by atoms with Crippen molar-refractivity contribution >= 4 is 40.7 Å². The van der Waals surface area contributed by atoms with Gasteiger partial charge in [0, 0.05) is 0 Å². The van der Waals surface area contributed by atoms with Crippen molar-refractivity contribution in [2.45, 2.75) is 0 Å². The molecule has 0 fully saturated rings. The first kappa shape index (κ1) is 13.4. The van der Waals surface area contributed by atoms with E-state index < -0.39 is 5.97 Å². The predicted molar refractivity (Wildman–Crippen MR) is 78.3 cm³/mol. The number of pyridine rings is 1. The number of halogens is 1. The van der Waals surface area contributed by atoms with Gasteiger partial charge in [-0.3, -0.25) is 4.79 Å². The van der Waals surface area contributed by atoms with Crippen LogP contribution < -0.4 is 10.2 Å². The van der Waals surface area contributed by atoms with Gasteiger partial charge in [0.2, 0.25) is 5.91 Å². The summed E-state index contributed by atoms with van der Waals surface area (Å²) < 4.78 is 0. The van der Waals surface area contributed by atoms with Crippen molar-refractivity contribution in [3.63, 3.8) is 0 Å². The van der Waals surface area contributed by atoms with Gasteiger partial charge in [-0.2, -0.15) is 0 Å². The summed E-state index contributed by atoms with van der Waals surface area (Å²) in [7, 11) is 0. The van der Waals surface area contributed by atoms with E-state index in [9.17, 15) is 14.7 Å². The molecule has 3 rings (SSSR count). The molecule has 1 aliphatic heterocycles. The largest absolute Gasteiger partial charge is 0.478 e. The lowest BCUT2D eigenvalue weighted by atomic mass is 10.1. The first-order valence-electron chi connectivity index (χ1n) is 6.12. The van der Waals surface area contributed by atoms with Crippen LogP contribution in [0.15, 0.2) is 36.4 Å². The number of carboxylic acid groups (broad SMARTS) is 1. The van der Waals surface area contributed by atoms with Crippen LogP contribution in [0.4, 0.5) is 17.2 Å². The van der Waals surface area contributed by atoms with E-state index in [0.717, 1.165) is 0 Å². The number of anilines is 3. The van der Waals surface area contributed by atoms with Crippen molar-refractivity contribution in [1.29, 1.82) is 0 Å². The average molecular weight is 304 g/mol. The maximum Gasteiger partial charge on any atom is 0.339 e. The minimum atomic E-state index is -1.13. The molecule has 2 N–H and O–H groups in total. The number of nitrogens with zero attached hydrogens (tertiary/aromatic N) is 2. The summed E-state index contributed by atoms with van der Waals surface area (Å²) in [4.78, 5) is 28.8. The number of hydrogen-bond donors (Lipinski definition) is 2. The lowest BCUT2D eigenvalue weighted by Crippen LogP contribution is -2.36. The minimum Gasteiger partial charge on any atom is -0.478 e. The highest BCUT2D eigenvalue weighted by Gasteiger charge is 2.27. The number of amides is 1. The third-order valence-electron chi connectivity index (χ3n) is 3.10. The predicted octanol–water partition coefficient (Wildman–Crippen LogP) is 2.52. The number of aromatic nitrogens is 1. The minimum absolute atomic E-state index is 0.0103. The van der Waals surface area contributed by atoms with Crippen molar-refractivity contribution in [3.05, 3.63) is 47.1 Å². The van der Waals surface area contributed by atoms with Gasteiger partial charge in [-0.1, -0.05) is 23.7 Å². The van der Waals surface area contributed by atoms with Crippen LogP contribution in [0.3, 0.4) is 0 Å². The molecule has 0 spiro atoms. The van der Waals surface area contributed by atoms with Crippen molar-refractivity contribution in [3.8, 4) is 0 Å². The zero-order valence-corrected chi connectivity index (χ0v) is 11.5. The molecule has 1 aliphatic rings. The standard InChI is InChI=1S/C14H10ClN3O3/c15-11-6-5-8(14(20)21)13(17-11)18-7-12(19)16-9-3-1-2-4-10(9)18/h1-6H,7H2,(H,16,19)(H,20,21). The van der Waals surface area contributed by atoms with Crippen LogP contribution >= 0.6 is 11.6 Å². The van der Waals surface area contributed by atoms with E-state index >= 15 is 0 Å². The maximum absolute atomic E-state index is 11.8. The molecule has 0 saturated carbocycles. The van der Waals surface area contributed by atoms with Crippen molar-refractivity contribution in [2.75, 3.05) is 16.8 Å². The summed E-state index contributed by atoms with van der Waals surface area (Å²) in [6, 6.07) is 9.89. The molecule has 2 aromatic rings. The summed E-state index contributed by atoms with van der Waals surface area (Å²) in [5.74, 6) is -1.22. The molecule has 2 heterocycles. The molecular weight excluding hydrogens is 294 g/mol. The lowest BCUT2D eigenvalue weighted by Gasteiger charge is -2.30. The first-order chi connectivity index (χ1) is 10.1. The molecule has 1 aromatic heterocycles. The fourth-order valence-corrected chi connectivity index (χ4v) is 2.36. The summed E-state index contributed by atoms with van der Waals surface area (Å²) in [5.41, 5.74) is 1.27. The molecule has 0 atom stereocenters. The van der Waals surface area contributed by atoms with Crippen LogP contribution in [0.2, 0.25) is 5.15 Å². The SMILES string of the molecule is O=C1CN(c2nc(Cl)ccc2C(=O)O)c2ccccc2N1. The highest BCUT2D eigenvalue weighted by atomic mass is 35.5. The van der Waals surface area contributed by atoms with Gasteiger partial charge in [0.15, 0.2) is 0 Å². The van der Waals surface area contributed by atoms with Gasteiger partial charge in [0.1, 0.15) is 23.1 Å². The average Bonchev–Trinajstić information content (AvgIpc) is 2.45. The van der Waals surface area contributed by atoms with Crippen LogP contribution in [-0.2, 0) is 4.79 Å². The zero-order valence-electron chi connectivity index (χ0n) is 10.7. The number of carbonyl (C=O) groups is 2. The Morgan fingerprint density at radius 1 is 1.29 bits per heavy atom. The molecule has 0 bridgehead atoms. The Morgan fingerprint density at radius 2 is 2.05 bits per heavy atom. The Hall–Kier alpha value is -2.60. The lowest BCUT2D eigenvalue weighted by molar-refractivity contribution is -0.115. The number of nitrogens with one attached hydrogen (secondary N) is 1. The number of aromatic carboxylic acids is 1. The Morgan fingerprint density at radius 3 is 2.81 bits per heavy atom. The first-order valence-corrected chi connectivity index (χ1v) is 6.50. The maximum atomic E-state index is 11.8. The molecule has 0 unspecified atom stereocenters. The number of carbonyl (C=O) groups excluding carboxylic acids is 1. The third-order valence-corrected chi connectivity index (χ3v) is 3.31. The zero-order chi connectivity index (χ0) is 15.0. The van der Waals surface area contributed by atoms with E-state index in [1.54, 1.807) is 29.2 Å². The molecule has 1 amide bonds. The van der Waals surface area contributed by atoms with E-state index in [1.165, 1.54) is 12.1 Å². The second kappa shape index (κ2) is 5.06. The van der Waals surface area contributed by atoms with E-state index in [1.807, 2.05) is 0 Å². The molecular formula is C14H10ClN3O3. The van der Waals surface area contributed by atoms with Gasteiger partial charge < -0.3 is 15.3 Å². The van der Waals surface area contributed by atoms with Gasteiger partial charge in [-0.15, -0.1) is 0 Å². The van der Waals surface area contributed by atoms with E-state index in [0.29, 0.717) is 11.4 Å². The molecule has 1 aromatic carbocycles. The Labute approximate surface area is 125 Å². The van der Waals surface area contributed by atoms with E-state index in [-0.39, 0.29) is 29.0 Å². The van der Waals surface area contributed by atoms with Crippen molar-refractivity contribution in [2.24, 2.45) is 0 Å². The smallest absolute Gasteiger partial charge is 0.339 e. The monoisotopic (exact) mass is 303 g/mol. The van der Waals surface area contributed by atoms with Crippen LogP contribution in [-0.4, -0.2) is 28.5 Å². The summed E-state index contributed by atoms with van der Waals surface area (Å²) >= 11 is 5.87. The van der Waals surface area contributed by atoms with Gasteiger partial charge in [0.05, 0.1) is 11.4 Å². The topological polar surface area (TPSA) is 82.5 Å². The molecule has 7 heteroatoms. The normalized spacial score (nSPS) is 13.6. The molecule has 0 aliphatic carbocycles. The van der Waals surface area contributed by atoms with Crippen LogP contribution in [0.25, 0.3) is 0 Å². The third kappa shape index (κ3) is 2.41. The Balaban J connectivity index is 2.19. The summed E-state index contributed by atoms with van der Waals surface area (Å²) in [5, 5.41) is 12.2. The van der Waals surface area contributed by atoms with Crippen molar-refractivity contribution in [1.82, 2.24) is 4.98 Å². The van der Waals surface area contributed by atoms with Crippen LogP contribution in [0.1, 0.15) is 10.4 Å².